The quantitative estimate of drug-likeness (QED) is 0.752. The second-order valence-electron chi connectivity index (χ2n) is 4.46. The van der Waals surface area contributed by atoms with Gasteiger partial charge in [-0.25, -0.2) is 0 Å². The third-order valence-electron chi connectivity index (χ3n) is 3.59. The highest BCUT2D eigenvalue weighted by Gasteiger charge is 2.38. The van der Waals surface area contributed by atoms with Crippen LogP contribution in [0.25, 0.3) is 0 Å². The molecular formula is C12H18OS. The number of aryl methyl sites for hydroxylation is 1. The fraction of sp³-hybridized carbons (Fsp3) is 0.667. The zero-order chi connectivity index (χ0) is 10.2. The molecule has 1 N–H and O–H groups in total. The van der Waals surface area contributed by atoms with Crippen molar-refractivity contribution in [3.8, 4) is 0 Å². The van der Waals surface area contributed by atoms with Crippen LogP contribution in [0.15, 0.2) is 11.4 Å². The summed E-state index contributed by atoms with van der Waals surface area (Å²) in [5.74, 6) is 0.407. The van der Waals surface area contributed by atoms with Crippen LogP contribution in [0.1, 0.15) is 43.0 Å². The van der Waals surface area contributed by atoms with E-state index in [1.54, 1.807) is 11.3 Å². The van der Waals surface area contributed by atoms with Crippen molar-refractivity contribution in [1.29, 1.82) is 0 Å². The lowest BCUT2D eigenvalue weighted by Gasteiger charge is -2.38. The molecule has 0 aliphatic heterocycles. The van der Waals surface area contributed by atoms with E-state index in [0.29, 0.717) is 5.92 Å². The molecule has 2 atom stereocenters. The van der Waals surface area contributed by atoms with Crippen LogP contribution in [0.5, 0.6) is 0 Å². The van der Waals surface area contributed by atoms with Crippen LogP contribution in [-0.2, 0) is 5.60 Å². The first kappa shape index (κ1) is 10.2. The summed E-state index contributed by atoms with van der Waals surface area (Å²) in [5.41, 5.74) is 0.636. The molecule has 14 heavy (non-hydrogen) atoms. The first-order valence-electron chi connectivity index (χ1n) is 5.41. The van der Waals surface area contributed by atoms with Crippen molar-refractivity contribution < 1.29 is 5.11 Å². The van der Waals surface area contributed by atoms with E-state index >= 15 is 0 Å². The molecule has 2 unspecified atom stereocenters. The molecule has 1 aromatic heterocycles. The number of hydrogen-bond acceptors (Lipinski definition) is 2. The lowest BCUT2D eigenvalue weighted by Crippen LogP contribution is -2.36. The van der Waals surface area contributed by atoms with Gasteiger partial charge in [0.2, 0.25) is 0 Å². The fourth-order valence-corrected chi connectivity index (χ4v) is 3.34. The predicted molar refractivity (Wildman–Crippen MR) is 60.6 cm³/mol. The lowest BCUT2D eigenvalue weighted by atomic mass is 9.72. The second-order valence-corrected chi connectivity index (χ2v) is 5.58. The van der Waals surface area contributed by atoms with Gasteiger partial charge in [-0.3, -0.25) is 0 Å². The van der Waals surface area contributed by atoms with E-state index < -0.39 is 5.60 Å². The Morgan fingerprint density at radius 3 is 2.86 bits per heavy atom. The Labute approximate surface area is 89.8 Å². The number of thiophene rings is 1. The van der Waals surface area contributed by atoms with Crippen LogP contribution >= 0.6 is 11.3 Å². The Balaban J connectivity index is 2.34. The van der Waals surface area contributed by atoms with Gasteiger partial charge in [0.1, 0.15) is 0 Å². The Morgan fingerprint density at radius 1 is 1.50 bits per heavy atom. The maximum atomic E-state index is 10.7. The summed E-state index contributed by atoms with van der Waals surface area (Å²) in [7, 11) is 0. The molecule has 2 rings (SSSR count). The maximum Gasteiger partial charge on any atom is 0.0932 e. The minimum absolute atomic E-state index is 0.407. The van der Waals surface area contributed by atoms with Gasteiger partial charge in [0.25, 0.3) is 0 Å². The highest BCUT2D eigenvalue weighted by atomic mass is 32.1. The van der Waals surface area contributed by atoms with E-state index in [-0.39, 0.29) is 0 Å². The van der Waals surface area contributed by atoms with E-state index in [9.17, 15) is 5.11 Å². The summed E-state index contributed by atoms with van der Waals surface area (Å²) < 4.78 is 0. The smallest absolute Gasteiger partial charge is 0.0932 e. The molecule has 0 amide bonds. The largest absolute Gasteiger partial charge is 0.385 e. The van der Waals surface area contributed by atoms with Gasteiger partial charge in [0.05, 0.1) is 5.60 Å². The second kappa shape index (κ2) is 3.67. The normalized spacial score (nSPS) is 33.2. The van der Waals surface area contributed by atoms with Gasteiger partial charge < -0.3 is 5.11 Å². The average molecular weight is 210 g/mol. The van der Waals surface area contributed by atoms with Crippen molar-refractivity contribution in [2.45, 2.75) is 45.1 Å². The van der Waals surface area contributed by atoms with Crippen LogP contribution in [-0.4, -0.2) is 5.11 Å². The van der Waals surface area contributed by atoms with Crippen LogP contribution in [0.4, 0.5) is 0 Å². The molecule has 0 aromatic carbocycles. The van der Waals surface area contributed by atoms with E-state index in [4.69, 9.17) is 0 Å². The number of rotatable bonds is 1. The fourth-order valence-electron chi connectivity index (χ4n) is 2.56. The van der Waals surface area contributed by atoms with Gasteiger partial charge in [0, 0.05) is 4.88 Å². The van der Waals surface area contributed by atoms with Crippen LogP contribution < -0.4 is 0 Å². The van der Waals surface area contributed by atoms with Crippen molar-refractivity contribution in [3.63, 3.8) is 0 Å². The summed E-state index contributed by atoms with van der Waals surface area (Å²) in [4.78, 5) is 1.28. The number of aliphatic hydroxyl groups is 1. The molecule has 2 heteroatoms. The molecule has 0 spiro atoms. The third kappa shape index (κ3) is 1.51. The van der Waals surface area contributed by atoms with E-state index in [2.05, 4.69) is 25.3 Å². The molecule has 1 heterocycles. The van der Waals surface area contributed by atoms with Crippen molar-refractivity contribution >= 4 is 11.3 Å². The van der Waals surface area contributed by atoms with Crippen LogP contribution in [0, 0.1) is 12.8 Å². The van der Waals surface area contributed by atoms with Gasteiger partial charge in [-0.1, -0.05) is 19.8 Å². The Bertz CT molecular complexity index is 318. The average Bonchev–Trinajstić information content (AvgIpc) is 2.57. The molecule has 0 bridgehead atoms. The summed E-state index contributed by atoms with van der Waals surface area (Å²) in [6.45, 7) is 4.29. The van der Waals surface area contributed by atoms with E-state index in [1.165, 1.54) is 16.9 Å². The SMILES string of the molecule is Cc1sccc1C1(O)CCCCC1C. The molecule has 78 valence electrons. The zero-order valence-electron chi connectivity index (χ0n) is 8.92. The first-order valence-corrected chi connectivity index (χ1v) is 6.29. The molecule has 1 aliphatic carbocycles. The van der Waals surface area contributed by atoms with Gasteiger partial charge >= 0.3 is 0 Å². The maximum absolute atomic E-state index is 10.7. The molecule has 1 nitrogen and oxygen atoms in total. The first-order chi connectivity index (χ1) is 6.64. The topological polar surface area (TPSA) is 20.2 Å². The zero-order valence-corrected chi connectivity index (χ0v) is 9.73. The minimum atomic E-state index is -0.539. The molecule has 1 aromatic rings. The summed E-state index contributed by atoms with van der Waals surface area (Å²) in [6.07, 6.45) is 4.53. The lowest BCUT2D eigenvalue weighted by molar-refractivity contribution is -0.0470. The molecular weight excluding hydrogens is 192 g/mol. The van der Waals surface area contributed by atoms with Crippen molar-refractivity contribution in [1.82, 2.24) is 0 Å². The molecule has 0 saturated heterocycles. The molecule has 1 fully saturated rings. The van der Waals surface area contributed by atoms with Gasteiger partial charge in [-0.15, -0.1) is 11.3 Å². The van der Waals surface area contributed by atoms with Crippen molar-refractivity contribution in [3.05, 3.63) is 21.9 Å². The standard InChI is InChI=1S/C12H18OS/c1-9-5-3-4-7-12(9,13)11-6-8-14-10(11)2/h6,8-9,13H,3-5,7H2,1-2H3. The Hall–Kier alpha value is -0.340. The van der Waals surface area contributed by atoms with Gasteiger partial charge in [-0.2, -0.15) is 0 Å². The van der Waals surface area contributed by atoms with Crippen molar-refractivity contribution in [2.24, 2.45) is 5.92 Å². The summed E-state index contributed by atoms with van der Waals surface area (Å²) in [5, 5.41) is 12.8. The van der Waals surface area contributed by atoms with Crippen LogP contribution in [0.3, 0.4) is 0 Å². The number of hydrogen-bond donors (Lipinski definition) is 1. The highest BCUT2D eigenvalue weighted by molar-refractivity contribution is 7.10. The molecule has 1 saturated carbocycles. The van der Waals surface area contributed by atoms with Crippen LogP contribution in [0.2, 0.25) is 0 Å². The molecule has 0 radical (unpaired) electrons. The van der Waals surface area contributed by atoms with Gasteiger partial charge in [0.15, 0.2) is 0 Å². The minimum Gasteiger partial charge on any atom is -0.385 e. The van der Waals surface area contributed by atoms with E-state index in [0.717, 1.165) is 19.3 Å². The Kier molecular flexibility index (Phi) is 2.67. The van der Waals surface area contributed by atoms with Gasteiger partial charge in [-0.05, 0) is 42.7 Å². The highest BCUT2D eigenvalue weighted by Crippen LogP contribution is 2.43. The van der Waals surface area contributed by atoms with Crippen molar-refractivity contribution in [2.75, 3.05) is 0 Å². The third-order valence-corrected chi connectivity index (χ3v) is 4.43. The van der Waals surface area contributed by atoms with E-state index in [1.807, 2.05) is 0 Å². The summed E-state index contributed by atoms with van der Waals surface area (Å²) in [6, 6.07) is 2.10. The molecule has 1 aliphatic rings. The Morgan fingerprint density at radius 2 is 2.29 bits per heavy atom. The monoisotopic (exact) mass is 210 g/mol. The predicted octanol–water partition coefficient (Wildman–Crippen LogP) is 3.45. The summed E-state index contributed by atoms with van der Waals surface area (Å²) >= 11 is 1.74.